The number of aromatic nitrogens is 2. The summed E-state index contributed by atoms with van der Waals surface area (Å²) in [6.07, 6.45) is 0. The molecule has 0 fully saturated rings. The Balaban J connectivity index is 3.02. The third-order valence-electron chi connectivity index (χ3n) is 2.11. The molecule has 0 unspecified atom stereocenters. The van der Waals surface area contributed by atoms with Crippen LogP contribution in [-0.4, -0.2) is 21.4 Å². The van der Waals surface area contributed by atoms with Crippen LogP contribution < -0.4 is 0 Å². The van der Waals surface area contributed by atoms with Crippen LogP contribution in [0.4, 0.5) is 0 Å². The van der Waals surface area contributed by atoms with Crippen LogP contribution >= 0.6 is 0 Å². The van der Waals surface area contributed by atoms with Crippen LogP contribution in [0.15, 0.2) is 0 Å². The first kappa shape index (κ1) is 11.8. The SMILES string of the molecule is Cc1nn(C)c(C)c1C(=O)OC(C)(C)C. The maximum absolute atomic E-state index is 11.8. The number of rotatable bonds is 1. The molecule has 1 heterocycles. The van der Waals surface area contributed by atoms with Crippen molar-refractivity contribution in [2.75, 3.05) is 0 Å². The molecule has 0 aromatic carbocycles. The van der Waals surface area contributed by atoms with Crippen LogP contribution in [0, 0.1) is 13.8 Å². The van der Waals surface area contributed by atoms with E-state index in [1.807, 2.05) is 41.7 Å². The van der Waals surface area contributed by atoms with Crippen LogP contribution in [0.1, 0.15) is 42.5 Å². The molecule has 0 N–H and O–H groups in total. The number of aryl methyl sites for hydroxylation is 2. The molecular formula is C11H18N2O2. The molecule has 4 nitrogen and oxygen atoms in total. The lowest BCUT2D eigenvalue weighted by atomic mass is 10.1. The second-order valence-electron chi connectivity index (χ2n) is 4.67. The van der Waals surface area contributed by atoms with Gasteiger partial charge >= 0.3 is 5.97 Å². The van der Waals surface area contributed by atoms with Crippen molar-refractivity contribution in [1.29, 1.82) is 0 Å². The molecule has 0 aliphatic heterocycles. The van der Waals surface area contributed by atoms with Crippen molar-refractivity contribution < 1.29 is 9.53 Å². The Bertz CT molecular complexity index is 386. The van der Waals surface area contributed by atoms with Crippen molar-refractivity contribution in [1.82, 2.24) is 9.78 Å². The maximum Gasteiger partial charge on any atom is 0.342 e. The summed E-state index contributed by atoms with van der Waals surface area (Å²) in [6, 6.07) is 0. The molecule has 0 bridgehead atoms. The molecule has 0 aliphatic carbocycles. The van der Waals surface area contributed by atoms with Crippen molar-refractivity contribution in [3.05, 3.63) is 17.0 Å². The molecular weight excluding hydrogens is 192 g/mol. The van der Waals surface area contributed by atoms with Gasteiger partial charge in [0.1, 0.15) is 11.2 Å². The molecule has 0 amide bonds. The molecule has 1 aromatic rings. The second-order valence-corrected chi connectivity index (χ2v) is 4.67. The predicted octanol–water partition coefficient (Wildman–Crippen LogP) is 1.99. The lowest BCUT2D eigenvalue weighted by molar-refractivity contribution is 0.00679. The van der Waals surface area contributed by atoms with E-state index in [0.29, 0.717) is 11.3 Å². The number of hydrogen-bond donors (Lipinski definition) is 0. The molecule has 84 valence electrons. The largest absolute Gasteiger partial charge is 0.456 e. The Kier molecular flexibility index (Phi) is 2.88. The van der Waals surface area contributed by atoms with E-state index in [0.717, 1.165) is 5.69 Å². The average molecular weight is 210 g/mol. The van der Waals surface area contributed by atoms with Gasteiger partial charge in [0.15, 0.2) is 0 Å². The summed E-state index contributed by atoms with van der Waals surface area (Å²) in [5, 5.41) is 4.18. The number of ether oxygens (including phenoxy) is 1. The standard InChI is InChI=1S/C11H18N2O2/c1-7-9(8(2)13(6)12-7)10(14)15-11(3,4)5/h1-6H3. The van der Waals surface area contributed by atoms with Crippen LogP contribution in [0.25, 0.3) is 0 Å². The minimum Gasteiger partial charge on any atom is -0.456 e. The first-order valence-corrected chi connectivity index (χ1v) is 4.96. The number of nitrogens with zero attached hydrogens (tertiary/aromatic N) is 2. The van der Waals surface area contributed by atoms with Crippen LogP contribution in [0.3, 0.4) is 0 Å². The summed E-state index contributed by atoms with van der Waals surface area (Å²) in [5.74, 6) is -0.300. The molecule has 1 aromatic heterocycles. The third kappa shape index (κ3) is 2.58. The van der Waals surface area contributed by atoms with Crippen molar-refractivity contribution in [2.24, 2.45) is 7.05 Å². The Labute approximate surface area is 90.2 Å². The molecule has 0 atom stereocenters. The fourth-order valence-electron chi connectivity index (χ4n) is 1.40. The smallest absolute Gasteiger partial charge is 0.342 e. The molecule has 0 saturated carbocycles. The monoisotopic (exact) mass is 210 g/mol. The average Bonchev–Trinajstić information content (AvgIpc) is 2.22. The fraction of sp³-hybridized carbons (Fsp3) is 0.636. The molecule has 0 radical (unpaired) electrons. The highest BCUT2D eigenvalue weighted by molar-refractivity contribution is 5.92. The van der Waals surface area contributed by atoms with E-state index >= 15 is 0 Å². The van der Waals surface area contributed by atoms with Gasteiger partial charge < -0.3 is 4.74 Å². The van der Waals surface area contributed by atoms with E-state index in [1.54, 1.807) is 4.68 Å². The van der Waals surface area contributed by atoms with Gasteiger partial charge in [0.25, 0.3) is 0 Å². The Morgan fingerprint density at radius 1 is 1.33 bits per heavy atom. The Morgan fingerprint density at radius 3 is 2.20 bits per heavy atom. The topological polar surface area (TPSA) is 44.1 Å². The quantitative estimate of drug-likeness (QED) is 0.666. The van der Waals surface area contributed by atoms with E-state index in [-0.39, 0.29) is 5.97 Å². The van der Waals surface area contributed by atoms with Crippen molar-refractivity contribution >= 4 is 5.97 Å². The minimum atomic E-state index is -0.466. The van der Waals surface area contributed by atoms with Gasteiger partial charge in [-0.05, 0) is 34.6 Å². The highest BCUT2D eigenvalue weighted by Crippen LogP contribution is 2.17. The number of carbonyl (C=O) groups excluding carboxylic acids is 1. The zero-order valence-electron chi connectivity index (χ0n) is 10.2. The van der Waals surface area contributed by atoms with Crippen molar-refractivity contribution in [3.63, 3.8) is 0 Å². The van der Waals surface area contributed by atoms with Gasteiger partial charge in [0.05, 0.1) is 5.69 Å². The van der Waals surface area contributed by atoms with Crippen LogP contribution in [0.5, 0.6) is 0 Å². The molecule has 0 saturated heterocycles. The van der Waals surface area contributed by atoms with Crippen LogP contribution in [0.2, 0.25) is 0 Å². The summed E-state index contributed by atoms with van der Waals surface area (Å²) in [6.45, 7) is 9.23. The van der Waals surface area contributed by atoms with Crippen molar-refractivity contribution in [2.45, 2.75) is 40.2 Å². The van der Waals surface area contributed by atoms with Gasteiger partial charge in [0, 0.05) is 12.7 Å². The van der Waals surface area contributed by atoms with Gasteiger partial charge in [-0.2, -0.15) is 5.10 Å². The van der Waals surface area contributed by atoms with Gasteiger partial charge in [-0.3, -0.25) is 4.68 Å². The summed E-state index contributed by atoms with van der Waals surface area (Å²) in [5.41, 5.74) is 1.66. The van der Waals surface area contributed by atoms with Crippen molar-refractivity contribution in [3.8, 4) is 0 Å². The zero-order chi connectivity index (χ0) is 11.8. The normalized spacial score (nSPS) is 11.6. The number of hydrogen-bond acceptors (Lipinski definition) is 3. The minimum absolute atomic E-state index is 0.300. The Hall–Kier alpha value is -1.32. The molecule has 15 heavy (non-hydrogen) atoms. The third-order valence-corrected chi connectivity index (χ3v) is 2.11. The lowest BCUT2D eigenvalue weighted by Crippen LogP contribution is -2.24. The van der Waals surface area contributed by atoms with E-state index in [1.165, 1.54) is 0 Å². The second kappa shape index (κ2) is 3.68. The van der Waals surface area contributed by atoms with E-state index in [4.69, 9.17) is 4.74 Å². The first-order chi connectivity index (χ1) is 6.72. The van der Waals surface area contributed by atoms with Gasteiger partial charge in [-0.1, -0.05) is 0 Å². The molecule has 0 aliphatic rings. The maximum atomic E-state index is 11.8. The summed E-state index contributed by atoms with van der Waals surface area (Å²) in [7, 11) is 1.82. The molecule has 1 rings (SSSR count). The highest BCUT2D eigenvalue weighted by Gasteiger charge is 2.23. The van der Waals surface area contributed by atoms with Gasteiger partial charge in [0.2, 0.25) is 0 Å². The molecule has 4 heteroatoms. The van der Waals surface area contributed by atoms with Gasteiger partial charge in [-0.25, -0.2) is 4.79 Å². The van der Waals surface area contributed by atoms with E-state index < -0.39 is 5.60 Å². The molecule has 0 spiro atoms. The van der Waals surface area contributed by atoms with Crippen LogP contribution in [-0.2, 0) is 11.8 Å². The van der Waals surface area contributed by atoms with E-state index in [2.05, 4.69) is 5.10 Å². The summed E-state index contributed by atoms with van der Waals surface area (Å²) < 4.78 is 7.00. The highest BCUT2D eigenvalue weighted by atomic mass is 16.6. The number of carbonyl (C=O) groups is 1. The Morgan fingerprint density at radius 2 is 1.87 bits per heavy atom. The number of esters is 1. The van der Waals surface area contributed by atoms with E-state index in [9.17, 15) is 4.79 Å². The zero-order valence-corrected chi connectivity index (χ0v) is 10.2. The fourth-order valence-corrected chi connectivity index (χ4v) is 1.40. The predicted molar refractivity (Wildman–Crippen MR) is 57.9 cm³/mol. The summed E-state index contributed by atoms with van der Waals surface area (Å²) in [4.78, 5) is 11.8. The lowest BCUT2D eigenvalue weighted by Gasteiger charge is -2.19. The summed E-state index contributed by atoms with van der Waals surface area (Å²) >= 11 is 0. The first-order valence-electron chi connectivity index (χ1n) is 4.96. The van der Waals surface area contributed by atoms with Gasteiger partial charge in [-0.15, -0.1) is 0 Å².